The summed E-state index contributed by atoms with van der Waals surface area (Å²) >= 11 is 0. The molecule has 1 N–H and O–H groups in total. The average molecular weight is 442 g/mol. The molecular formula is C20H24F2N2O5S. The van der Waals surface area contributed by atoms with E-state index in [1.807, 2.05) is 0 Å². The van der Waals surface area contributed by atoms with E-state index in [0.29, 0.717) is 17.7 Å². The number of alkyl halides is 2. The van der Waals surface area contributed by atoms with Crippen LogP contribution in [0.4, 0.5) is 14.5 Å². The van der Waals surface area contributed by atoms with E-state index in [1.54, 1.807) is 38.2 Å². The minimum atomic E-state index is -3.48. The van der Waals surface area contributed by atoms with Gasteiger partial charge in [-0.15, -0.1) is 0 Å². The van der Waals surface area contributed by atoms with Crippen LogP contribution in [0.15, 0.2) is 42.5 Å². The fourth-order valence-electron chi connectivity index (χ4n) is 2.79. The first kappa shape index (κ1) is 23.4. The van der Waals surface area contributed by atoms with Crippen LogP contribution in [0.1, 0.15) is 29.3 Å². The molecule has 0 bridgehead atoms. The number of methoxy groups -OCH3 is 1. The number of hydrogen-bond acceptors (Lipinski definition) is 5. The third-order valence-electron chi connectivity index (χ3n) is 4.07. The number of benzene rings is 2. The first-order chi connectivity index (χ1) is 14.1. The monoisotopic (exact) mass is 442 g/mol. The summed E-state index contributed by atoms with van der Waals surface area (Å²) in [5.41, 5.74) is 1.13. The van der Waals surface area contributed by atoms with Crippen molar-refractivity contribution in [2.75, 3.05) is 24.6 Å². The molecule has 2 aromatic rings. The van der Waals surface area contributed by atoms with Gasteiger partial charge in [-0.1, -0.05) is 19.1 Å². The zero-order valence-electron chi connectivity index (χ0n) is 16.9. The van der Waals surface area contributed by atoms with Crippen molar-refractivity contribution in [1.29, 1.82) is 0 Å². The molecule has 0 saturated carbocycles. The van der Waals surface area contributed by atoms with Crippen molar-refractivity contribution in [3.8, 4) is 11.5 Å². The van der Waals surface area contributed by atoms with Crippen molar-refractivity contribution in [2.45, 2.75) is 26.5 Å². The lowest BCUT2D eigenvalue weighted by Crippen LogP contribution is -2.26. The van der Waals surface area contributed by atoms with E-state index in [2.05, 4.69) is 9.46 Å². The number of amides is 1. The summed E-state index contributed by atoms with van der Waals surface area (Å²) in [6.45, 7) is -1.13. The van der Waals surface area contributed by atoms with Crippen LogP contribution in [-0.2, 0) is 16.6 Å². The second kappa shape index (κ2) is 10.2. The van der Waals surface area contributed by atoms with Gasteiger partial charge in [0.25, 0.3) is 5.91 Å². The second-order valence-electron chi connectivity index (χ2n) is 6.53. The van der Waals surface area contributed by atoms with Crippen LogP contribution in [0.5, 0.6) is 11.5 Å². The van der Waals surface area contributed by atoms with E-state index in [9.17, 15) is 22.0 Å². The van der Waals surface area contributed by atoms with Crippen molar-refractivity contribution in [1.82, 2.24) is 4.90 Å². The summed E-state index contributed by atoms with van der Waals surface area (Å²) in [5.74, 6) is -0.358. The molecule has 0 aliphatic heterocycles. The number of hydrogen-bond donors (Lipinski definition) is 1. The lowest BCUT2D eigenvalue weighted by Gasteiger charge is -2.19. The van der Waals surface area contributed by atoms with Gasteiger partial charge in [0.05, 0.1) is 12.9 Å². The Balaban J connectivity index is 2.15. The van der Waals surface area contributed by atoms with Gasteiger partial charge in [-0.2, -0.15) is 8.78 Å². The fourth-order valence-corrected chi connectivity index (χ4v) is 3.91. The zero-order valence-corrected chi connectivity index (χ0v) is 17.7. The van der Waals surface area contributed by atoms with Crippen LogP contribution < -0.4 is 14.2 Å². The third-order valence-corrected chi connectivity index (χ3v) is 5.56. The Morgan fingerprint density at radius 1 is 1.17 bits per heavy atom. The van der Waals surface area contributed by atoms with Crippen LogP contribution in [-0.4, -0.2) is 45.7 Å². The number of anilines is 1. The summed E-state index contributed by atoms with van der Waals surface area (Å²) in [6, 6.07) is 10.6. The first-order valence-corrected chi connectivity index (χ1v) is 10.8. The summed E-state index contributed by atoms with van der Waals surface area (Å²) in [6.07, 6.45) is 0.468. The van der Waals surface area contributed by atoms with Gasteiger partial charge < -0.3 is 14.4 Å². The summed E-state index contributed by atoms with van der Waals surface area (Å²) in [4.78, 5) is 14.1. The van der Waals surface area contributed by atoms with E-state index in [4.69, 9.17) is 4.74 Å². The molecular weight excluding hydrogens is 418 g/mol. The lowest BCUT2D eigenvalue weighted by molar-refractivity contribution is -0.0512. The number of carbonyl (C=O) groups is 1. The highest BCUT2D eigenvalue weighted by Crippen LogP contribution is 2.30. The number of nitrogens with one attached hydrogen (secondary N) is 1. The Morgan fingerprint density at radius 2 is 1.90 bits per heavy atom. The number of sulfonamides is 1. The minimum Gasteiger partial charge on any atom is -0.493 e. The van der Waals surface area contributed by atoms with Crippen LogP contribution in [0, 0.1) is 0 Å². The summed E-state index contributed by atoms with van der Waals surface area (Å²) < 4.78 is 61.0. The van der Waals surface area contributed by atoms with Gasteiger partial charge in [0.1, 0.15) is 0 Å². The maximum absolute atomic E-state index is 12.8. The molecule has 0 unspecified atom stereocenters. The normalized spacial score (nSPS) is 11.3. The second-order valence-corrected chi connectivity index (χ2v) is 8.37. The molecule has 0 saturated heterocycles. The lowest BCUT2D eigenvalue weighted by atomic mass is 10.1. The van der Waals surface area contributed by atoms with Crippen LogP contribution >= 0.6 is 0 Å². The van der Waals surface area contributed by atoms with Gasteiger partial charge in [0.15, 0.2) is 11.5 Å². The Labute approximate surface area is 174 Å². The predicted molar refractivity (Wildman–Crippen MR) is 110 cm³/mol. The zero-order chi connectivity index (χ0) is 22.3. The van der Waals surface area contributed by atoms with Crippen LogP contribution in [0.3, 0.4) is 0 Å². The topological polar surface area (TPSA) is 84.9 Å². The van der Waals surface area contributed by atoms with E-state index < -0.39 is 16.6 Å². The van der Waals surface area contributed by atoms with Crippen molar-refractivity contribution in [3.05, 3.63) is 53.6 Å². The molecule has 2 aromatic carbocycles. The highest BCUT2D eigenvalue weighted by Gasteiger charge is 2.16. The third kappa shape index (κ3) is 6.58. The average Bonchev–Trinajstić information content (AvgIpc) is 2.67. The van der Waals surface area contributed by atoms with E-state index in [1.165, 1.54) is 30.2 Å². The van der Waals surface area contributed by atoms with Crippen LogP contribution in [0.25, 0.3) is 0 Å². The predicted octanol–water partition coefficient (Wildman–Crippen LogP) is 3.72. The number of nitrogens with zero attached hydrogens (tertiary/aromatic N) is 1. The summed E-state index contributed by atoms with van der Waals surface area (Å²) in [5, 5.41) is 0. The maximum Gasteiger partial charge on any atom is 0.387 e. The van der Waals surface area contributed by atoms with Crippen molar-refractivity contribution < 1.29 is 31.5 Å². The van der Waals surface area contributed by atoms with E-state index in [-0.39, 0.29) is 35.3 Å². The van der Waals surface area contributed by atoms with Gasteiger partial charge >= 0.3 is 6.61 Å². The van der Waals surface area contributed by atoms with Gasteiger partial charge in [-0.25, -0.2) is 8.42 Å². The number of halogens is 2. The Kier molecular flexibility index (Phi) is 7.99. The van der Waals surface area contributed by atoms with Crippen LogP contribution in [0.2, 0.25) is 0 Å². The Bertz CT molecular complexity index is 983. The number of rotatable bonds is 10. The molecule has 164 valence electrons. The molecule has 30 heavy (non-hydrogen) atoms. The SMILES string of the molecule is CCCS(=O)(=O)Nc1cccc(C(=O)N(C)Cc2ccc(OC)c(OC(F)F)c2)c1. The van der Waals surface area contributed by atoms with E-state index >= 15 is 0 Å². The Morgan fingerprint density at radius 3 is 2.53 bits per heavy atom. The van der Waals surface area contributed by atoms with Gasteiger partial charge in [-0.05, 0) is 42.3 Å². The van der Waals surface area contributed by atoms with Crippen molar-refractivity contribution >= 4 is 21.6 Å². The fraction of sp³-hybridized carbons (Fsp3) is 0.350. The molecule has 0 atom stereocenters. The number of ether oxygens (including phenoxy) is 2. The molecule has 1 amide bonds. The minimum absolute atomic E-state index is 0.0223. The van der Waals surface area contributed by atoms with Gasteiger partial charge in [-0.3, -0.25) is 9.52 Å². The molecule has 7 nitrogen and oxygen atoms in total. The highest BCUT2D eigenvalue weighted by atomic mass is 32.2. The molecule has 0 aliphatic rings. The van der Waals surface area contributed by atoms with Crippen molar-refractivity contribution in [3.63, 3.8) is 0 Å². The number of carbonyl (C=O) groups excluding carboxylic acids is 1. The van der Waals surface area contributed by atoms with Gasteiger partial charge in [0.2, 0.25) is 10.0 Å². The summed E-state index contributed by atoms with van der Waals surface area (Å²) in [7, 11) is -0.592. The molecule has 0 aliphatic carbocycles. The molecule has 0 spiro atoms. The molecule has 0 heterocycles. The standard InChI is InChI=1S/C20H24F2N2O5S/c1-4-10-30(26,27)23-16-7-5-6-15(12-16)19(25)24(2)13-14-8-9-17(28-3)18(11-14)29-20(21)22/h5-9,11-12,20,23H,4,10,13H2,1-3H3. The molecule has 10 heteroatoms. The van der Waals surface area contributed by atoms with Gasteiger partial charge in [0, 0.05) is 24.8 Å². The largest absolute Gasteiger partial charge is 0.493 e. The smallest absolute Gasteiger partial charge is 0.387 e. The quantitative estimate of drug-likeness (QED) is 0.606. The first-order valence-electron chi connectivity index (χ1n) is 9.13. The molecule has 0 radical (unpaired) electrons. The molecule has 2 rings (SSSR count). The molecule has 0 aromatic heterocycles. The molecule has 0 fully saturated rings. The Hall–Kier alpha value is -2.88. The van der Waals surface area contributed by atoms with Crippen molar-refractivity contribution in [2.24, 2.45) is 0 Å². The van der Waals surface area contributed by atoms with E-state index in [0.717, 1.165) is 0 Å². The maximum atomic E-state index is 12.8. The highest BCUT2D eigenvalue weighted by molar-refractivity contribution is 7.92.